The lowest BCUT2D eigenvalue weighted by Gasteiger charge is -2.61. The van der Waals surface area contributed by atoms with Crippen molar-refractivity contribution >= 4 is 5.96 Å². The quantitative estimate of drug-likeness (QED) is 0.579. The number of fused-ring (bicyclic) bond motifs is 1. The molecule has 7 heteroatoms. The van der Waals surface area contributed by atoms with E-state index < -0.39 is 0 Å². The normalized spacial score (nSPS) is 28.6. The number of nitrogens with one attached hydrogen (secondary N) is 2. The molecule has 3 unspecified atom stereocenters. The zero-order valence-electron chi connectivity index (χ0n) is 17.9. The lowest BCUT2D eigenvalue weighted by molar-refractivity contribution is -0.168. The minimum Gasteiger partial charge on any atom is -0.378 e. The van der Waals surface area contributed by atoms with Crippen molar-refractivity contribution in [2.75, 3.05) is 13.2 Å². The monoisotopic (exact) mass is 388 g/mol. The molecular weight excluding hydrogens is 352 g/mol. The number of rotatable bonds is 6. The Labute approximate surface area is 168 Å². The molecule has 3 atom stereocenters. The maximum Gasteiger partial charge on any atom is 0.191 e. The molecule has 1 aliphatic heterocycles. The van der Waals surface area contributed by atoms with Gasteiger partial charge in [0.15, 0.2) is 11.8 Å². The lowest BCUT2D eigenvalue weighted by atomic mass is 9.51. The fraction of sp³-hybridized carbons (Fsp3) is 0.857. The van der Waals surface area contributed by atoms with Crippen molar-refractivity contribution in [2.24, 2.45) is 10.4 Å². The van der Waals surface area contributed by atoms with Gasteiger partial charge >= 0.3 is 0 Å². The fourth-order valence-corrected chi connectivity index (χ4v) is 4.98. The Bertz CT molecular complexity index is 708. The summed E-state index contributed by atoms with van der Waals surface area (Å²) in [5, 5.41) is 12.1. The van der Waals surface area contributed by atoms with E-state index in [0.29, 0.717) is 29.5 Å². The smallest absolute Gasteiger partial charge is 0.191 e. The van der Waals surface area contributed by atoms with E-state index in [1.807, 2.05) is 0 Å². The van der Waals surface area contributed by atoms with Gasteiger partial charge in [-0.2, -0.15) is 5.10 Å². The highest BCUT2D eigenvalue weighted by molar-refractivity contribution is 5.80. The predicted molar refractivity (Wildman–Crippen MR) is 111 cm³/mol. The summed E-state index contributed by atoms with van der Waals surface area (Å²) >= 11 is 0. The standard InChI is InChI=1S/C21H36N6O/c1-5-22-20(24-16-12-17(28-6-2)21(16)10-7-11-21)23-15-8-9-18-25-19(14(3)4)26-27(18)13-15/h14-17H,5-13H2,1-4H3,(H2,22,23,24). The SMILES string of the molecule is CCN=C(NC1CCc2nc(C(C)C)nn2C1)NC1CC(OCC)C12CCC2. The van der Waals surface area contributed by atoms with Crippen molar-refractivity contribution < 1.29 is 4.74 Å². The number of hydrogen-bond donors (Lipinski definition) is 2. The Balaban J connectivity index is 1.38. The Hall–Kier alpha value is -1.63. The van der Waals surface area contributed by atoms with E-state index in [1.54, 1.807) is 0 Å². The van der Waals surface area contributed by atoms with Gasteiger partial charge in [0.2, 0.25) is 0 Å². The van der Waals surface area contributed by atoms with Gasteiger partial charge in [-0.1, -0.05) is 20.3 Å². The molecule has 0 bridgehead atoms. The second-order valence-electron chi connectivity index (χ2n) is 8.89. The summed E-state index contributed by atoms with van der Waals surface area (Å²) in [7, 11) is 0. The molecule has 0 amide bonds. The zero-order valence-corrected chi connectivity index (χ0v) is 17.9. The largest absolute Gasteiger partial charge is 0.378 e. The van der Waals surface area contributed by atoms with E-state index >= 15 is 0 Å². The Morgan fingerprint density at radius 3 is 2.79 bits per heavy atom. The zero-order chi connectivity index (χ0) is 19.7. The predicted octanol–water partition coefficient (Wildman–Crippen LogP) is 2.62. The molecule has 156 valence electrons. The number of ether oxygens (including phenoxy) is 1. The van der Waals surface area contributed by atoms with Gasteiger partial charge in [0.25, 0.3) is 0 Å². The van der Waals surface area contributed by atoms with E-state index in [9.17, 15) is 0 Å². The topological polar surface area (TPSA) is 76.4 Å². The molecule has 0 aromatic carbocycles. The Morgan fingerprint density at radius 1 is 1.32 bits per heavy atom. The molecule has 1 aromatic rings. The molecule has 2 heterocycles. The Kier molecular flexibility index (Phi) is 5.63. The van der Waals surface area contributed by atoms with Gasteiger partial charge < -0.3 is 15.4 Å². The van der Waals surface area contributed by atoms with Crippen molar-refractivity contribution in [3.8, 4) is 0 Å². The first-order valence-electron chi connectivity index (χ1n) is 11.2. The van der Waals surface area contributed by atoms with Crippen LogP contribution < -0.4 is 10.6 Å². The molecule has 1 spiro atoms. The third-order valence-electron chi connectivity index (χ3n) is 6.80. The molecule has 1 aromatic heterocycles. The van der Waals surface area contributed by atoms with Gasteiger partial charge in [0.1, 0.15) is 5.82 Å². The Morgan fingerprint density at radius 2 is 2.14 bits per heavy atom. The van der Waals surface area contributed by atoms with Gasteiger partial charge in [-0.15, -0.1) is 0 Å². The van der Waals surface area contributed by atoms with Crippen LogP contribution in [-0.4, -0.2) is 52.1 Å². The second kappa shape index (κ2) is 8.01. The van der Waals surface area contributed by atoms with Crippen LogP contribution in [0.2, 0.25) is 0 Å². The first kappa shape index (κ1) is 19.7. The first-order chi connectivity index (χ1) is 13.6. The average Bonchev–Trinajstić information content (AvgIpc) is 3.03. The third kappa shape index (κ3) is 3.53. The second-order valence-corrected chi connectivity index (χ2v) is 8.89. The van der Waals surface area contributed by atoms with Crippen LogP contribution in [0.4, 0.5) is 0 Å². The number of aromatic nitrogens is 3. The average molecular weight is 389 g/mol. The van der Waals surface area contributed by atoms with Gasteiger partial charge in [-0.3, -0.25) is 4.99 Å². The van der Waals surface area contributed by atoms with Crippen LogP contribution in [0.5, 0.6) is 0 Å². The highest BCUT2D eigenvalue weighted by atomic mass is 16.5. The lowest BCUT2D eigenvalue weighted by Crippen LogP contribution is -2.69. The maximum absolute atomic E-state index is 6.00. The van der Waals surface area contributed by atoms with Crippen LogP contribution in [0.25, 0.3) is 0 Å². The van der Waals surface area contributed by atoms with Crippen LogP contribution in [0.3, 0.4) is 0 Å². The molecule has 0 saturated heterocycles. The molecule has 7 nitrogen and oxygen atoms in total. The number of guanidine groups is 1. The van der Waals surface area contributed by atoms with Crippen LogP contribution in [0, 0.1) is 5.41 Å². The van der Waals surface area contributed by atoms with Crippen molar-refractivity contribution in [3.05, 3.63) is 11.6 Å². The molecule has 28 heavy (non-hydrogen) atoms. The van der Waals surface area contributed by atoms with Gasteiger partial charge in [0.05, 0.1) is 12.6 Å². The van der Waals surface area contributed by atoms with Crippen LogP contribution in [-0.2, 0) is 17.7 Å². The van der Waals surface area contributed by atoms with Gasteiger partial charge in [-0.25, -0.2) is 9.67 Å². The summed E-state index contributed by atoms with van der Waals surface area (Å²) in [5.74, 6) is 3.40. The summed E-state index contributed by atoms with van der Waals surface area (Å²) in [4.78, 5) is 9.43. The summed E-state index contributed by atoms with van der Waals surface area (Å²) in [6.07, 6.45) is 7.43. The van der Waals surface area contributed by atoms with Crippen LogP contribution >= 0.6 is 0 Å². The molecule has 2 N–H and O–H groups in total. The molecule has 2 fully saturated rings. The van der Waals surface area contributed by atoms with Gasteiger partial charge in [0, 0.05) is 43.0 Å². The molecule has 3 aliphatic rings. The number of aryl methyl sites for hydroxylation is 1. The van der Waals surface area contributed by atoms with Crippen molar-refractivity contribution in [3.63, 3.8) is 0 Å². The highest BCUT2D eigenvalue weighted by Gasteiger charge is 2.59. The summed E-state index contributed by atoms with van der Waals surface area (Å²) < 4.78 is 8.08. The number of aliphatic imine (C=N–C) groups is 1. The summed E-state index contributed by atoms with van der Waals surface area (Å²) in [5.41, 5.74) is 0.337. The molecular formula is C21H36N6O. The summed E-state index contributed by atoms with van der Waals surface area (Å²) in [6.45, 7) is 10.9. The third-order valence-corrected chi connectivity index (χ3v) is 6.80. The van der Waals surface area contributed by atoms with Crippen LogP contribution in [0.1, 0.15) is 77.4 Å². The minimum absolute atomic E-state index is 0.337. The molecule has 2 saturated carbocycles. The first-order valence-corrected chi connectivity index (χ1v) is 11.2. The number of nitrogens with zero attached hydrogens (tertiary/aromatic N) is 4. The van der Waals surface area contributed by atoms with E-state index in [4.69, 9.17) is 19.8 Å². The van der Waals surface area contributed by atoms with E-state index in [0.717, 1.165) is 56.6 Å². The fourth-order valence-electron chi connectivity index (χ4n) is 4.98. The van der Waals surface area contributed by atoms with E-state index in [-0.39, 0.29) is 0 Å². The van der Waals surface area contributed by atoms with E-state index in [2.05, 4.69) is 43.0 Å². The summed E-state index contributed by atoms with van der Waals surface area (Å²) in [6, 6.07) is 0.820. The van der Waals surface area contributed by atoms with Crippen LogP contribution in [0.15, 0.2) is 4.99 Å². The van der Waals surface area contributed by atoms with Crippen molar-refractivity contribution in [1.29, 1.82) is 0 Å². The molecule has 0 radical (unpaired) electrons. The maximum atomic E-state index is 6.00. The highest BCUT2D eigenvalue weighted by Crippen LogP contribution is 2.57. The molecule has 2 aliphatic carbocycles. The van der Waals surface area contributed by atoms with Crippen molar-refractivity contribution in [1.82, 2.24) is 25.4 Å². The minimum atomic E-state index is 0.337. The molecule has 4 rings (SSSR count). The van der Waals surface area contributed by atoms with E-state index in [1.165, 1.54) is 19.3 Å². The van der Waals surface area contributed by atoms with Gasteiger partial charge in [-0.05, 0) is 39.5 Å². The van der Waals surface area contributed by atoms with Crippen molar-refractivity contribution in [2.45, 2.75) is 96.9 Å². The number of hydrogen-bond acceptors (Lipinski definition) is 4.